The lowest BCUT2D eigenvalue weighted by Crippen LogP contribution is -2.45. The lowest BCUT2D eigenvalue weighted by atomic mass is 9.49. The molecule has 0 saturated heterocycles. The molecule has 0 unspecified atom stereocenters. The van der Waals surface area contributed by atoms with E-state index < -0.39 is 0 Å². The van der Waals surface area contributed by atoms with E-state index in [9.17, 15) is 0 Å². The van der Waals surface area contributed by atoms with Crippen molar-refractivity contribution in [3.63, 3.8) is 0 Å². The van der Waals surface area contributed by atoms with Crippen LogP contribution in [0.2, 0.25) is 0 Å². The fourth-order valence-electron chi connectivity index (χ4n) is 16.1. The second kappa shape index (κ2) is 13.7. The zero-order valence-corrected chi connectivity index (χ0v) is 36.4. The Hall–Kier alpha value is -6.07. The largest absolute Gasteiger partial charge is 0.309 e. The first-order valence-electron chi connectivity index (χ1n) is 24.6. The molecule has 3 aromatic heterocycles. The van der Waals surface area contributed by atoms with Crippen LogP contribution in [0.3, 0.4) is 0 Å². The van der Waals surface area contributed by atoms with E-state index in [4.69, 9.17) is 15.0 Å². The van der Waals surface area contributed by atoms with E-state index in [-0.39, 0.29) is 0 Å². The van der Waals surface area contributed by atoms with Gasteiger partial charge in [-0.05, 0) is 171 Å². The lowest BCUT2D eigenvalue weighted by Gasteiger charge is -2.56. The average molecular weight is 832 g/mol. The highest BCUT2D eigenvalue weighted by Gasteiger charge is 2.52. The second-order valence-electron chi connectivity index (χ2n) is 21.3. The van der Waals surface area contributed by atoms with Gasteiger partial charge in [-0.2, -0.15) is 9.97 Å². The SMILES string of the molecule is c1ccc(-n2c3ccccc3c3ccccc32)c(-c2nc(-c3c(C4C5CC6CC(C5)CC4C6)cccc3C3C4CC5CC(C4)CC3C5)nc(-n3c4ccccc4c4ccccc43)n2)c1. The number of benzene rings is 6. The van der Waals surface area contributed by atoms with Gasteiger partial charge in [-0.25, -0.2) is 4.98 Å². The Balaban J connectivity index is 1.02. The Labute approximate surface area is 374 Å². The average Bonchev–Trinajstić information content (AvgIpc) is 3.84. The molecule has 5 nitrogen and oxygen atoms in total. The summed E-state index contributed by atoms with van der Waals surface area (Å²) in [6.45, 7) is 0. The van der Waals surface area contributed by atoms with E-state index in [0.29, 0.717) is 17.8 Å². The molecule has 8 aliphatic carbocycles. The fourth-order valence-corrected chi connectivity index (χ4v) is 16.1. The van der Waals surface area contributed by atoms with Crippen molar-refractivity contribution in [3.05, 3.63) is 151 Å². The molecular weight excluding hydrogens is 779 g/mol. The Kier molecular flexibility index (Phi) is 7.78. The van der Waals surface area contributed by atoms with Crippen LogP contribution in [0, 0.1) is 47.3 Å². The molecule has 9 aromatic rings. The van der Waals surface area contributed by atoms with E-state index in [1.54, 1.807) is 11.1 Å². The number of fused-ring (bicyclic) bond motifs is 6. The summed E-state index contributed by atoms with van der Waals surface area (Å²) in [5, 5.41) is 4.94. The number of para-hydroxylation sites is 5. The molecule has 0 aliphatic heterocycles. The monoisotopic (exact) mass is 831 g/mol. The second-order valence-corrected chi connectivity index (χ2v) is 21.3. The van der Waals surface area contributed by atoms with Crippen LogP contribution in [0.15, 0.2) is 140 Å². The third-order valence-electron chi connectivity index (χ3n) is 17.9. The topological polar surface area (TPSA) is 48.5 Å². The van der Waals surface area contributed by atoms with Gasteiger partial charge < -0.3 is 4.57 Å². The minimum absolute atomic E-state index is 0.557. The predicted molar refractivity (Wildman–Crippen MR) is 259 cm³/mol. The molecule has 8 fully saturated rings. The van der Waals surface area contributed by atoms with Crippen LogP contribution in [0.4, 0.5) is 0 Å². The molecule has 17 rings (SSSR count). The molecule has 0 atom stereocenters. The minimum atomic E-state index is 0.557. The van der Waals surface area contributed by atoms with Crippen molar-refractivity contribution in [1.29, 1.82) is 0 Å². The van der Waals surface area contributed by atoms with Crippen LogP contribution >= 0.6 is 0 Å². The normalized spacial score (nSPS) is 28.9. The van der Waals surface area contributed by atoms with Crippen molar-refractivity contribution in [2.75, 3.05) is 0 Å². The van der Waals surface area contributed by atoms with Crippen LogP contribution in [0.25, 0.3) is 78.0 Å². The molecule has 0 N–H and O–H groups in total. The number of hydrogen-bond acceptors (Lipinski definition) is 3. The van der Waals surface area contributed by atoms with Crippen LogP contribution in [-0.2, 0) is 0 Å². The van der Waals surface area contributed by atoms with Crippen LogP contribution in [0.1, 0.15) is 87.2 Å². The molecule has 64 heavy (non-hydrogen) atoms. The van der Waals surface area contributed by atoms with Gasteiger partial charge in [0.15, 0.2) is 11.6 Å². The predicted octanol–water partition coefficient (Wildman–Crippen LogP) is 14.5. The Morgan fingerprint density at radius 3 is 1.20 bits per heavy atom. The molecule has 3 heterocycles. The summed E-state index contributed by atoms with van der Waals surface area (Å²) in [5.74, 6) is 10.1. The summed E-state index contributed by atoms with van der Waals surface area (Å²) >= 11 is 0. The van der Waals surface area contributed by atoms with Crippen molar-refractivity contribution in [2.45, 2.75) is 76.0 Å². The maximum atomic E-state index is 5.87. The molecule has 8 aliphatic rings. The summed E-state index contributed by atoms with van der Waals surface area (Å²) in [6, 6.07) is 51.7. The first kappa shape index (κ1) is 36.3. The van der Waals surface area contributed by atoms with Crippen LogP contribution < -0.4 is 0 Å². The highest BCUT2D eigenvalue weighted by atomic mass is 15.2. The summed E-state index contributed by atoms with van der Waals surface area (Å²) < 4.78 is 4.77. The zero-order chi connectivity index (χ0) is 41.6. The minimum Gasteiger partial charge on any atom is -0.309 e. The fraction of sp³-hybridized carbons (Fsp3) is 0.339. The van der Waals surface area contributed by atoms with Gasteiger partial charge in [-0.15, -0.1) is 0 Å². The molecule has 0 amide bonds. The Morgan fingerprint density at radius 2 is 0.734 bits per heavy atom. The summed E-state index contributed by atoms with van der Waals surface area (Å²) in [7, 11) is 0. The number of hydrogen-bond donors (Lipinski definition) is 0. The van der Waals surface area contributed by atoms with E-state index in [1.165, 1.54) is 102 Å². The summed E-state index contributed by atoms with van der Waals surface area (Å²) in [4.78, 5) is 17.4. The summed E-state index contributed by atoms with van der Waals surface area (Å²) in [6.07, 6.45) is 14.0. The van der Waals surface area contributed by atoms with Crippen LogP contribution in [0.5, 0.6) is 0 Å². The maximum Gasteiger partial charge on any atom is 0.238 e. The standard InChI is InChI=1S/C59H53N5/c1-6-19-49-42(12-1)43-13-2-7-20-50(43)63(49)53-23-10-5-16-46(53)57-60-58(62-59(61-57)64-51-21-8-3-14-44(51)45-15-4-9-22-52(45)64)56-47(54-38-26-34-24-35(28-38)29-39(54)27-34)17-11-18-48(56)55-40-30-36-25-37(32-40)33-41(55)31-36/h1-23,34-41,54-55H,24-33H2. The van der Waals surface area contributed by atoms with E-state index in [1.807, 2.05) is 0 Å². The molecule has 8 saturated carbocycles. The van der Waals surface area contributed by atoms with E-state index in [0.717, 1.165) is 81.3 Å². The number of rotatable bonds is 6. The van der Waals surface area contributed by atoms with Crippen molar-refractivity contribution in [1.82, 2.24) is 24.1 Å². The molecule has 0 spiro atoms. The van der Waals surface area contributed by atoms with Crippen LogP contribution in [-0.4, -0.2) is 24.1 Å². The van der Waals surface area contributed by atoms with Crippen molar-refractivity contribution in [2.24, 2.45) is 47.3 Å². The van der Waals surface area contributed by atoms with Gasteiger partial charge in [-0.1, -0.05) is 103 Å². The van der Waals surface area contributed by atoms with E-state index in [2.05, 4.69) is 149 Å². The third kappa shape index (κ3) is 5.27. The van der Waals surface area contributed by atoms with Gasteiger partial charge in [0.05, 0.1) is 27.8 Å². The number of aromatic nitrogens is 5. The lowest BCUT2D eigenvalue weighted by molar-refractivity contribution is -0.00465. The van der Waals surface area contributed by atoms with Gasteiger partial charge in [0, 0.05) is 32.7 Å². The molecule has 5 heteroatoms. The van der Waals surface area contributed by atoms with Gasteiger partial charge in [-0.3, -0.25) is 4.57 Å². The van der Waals surface area contributed by atoms with Crippen molar-refractivity contribution < 1.29 is 0 Å². The number of nitrogens with zero attached hydrogens (tertiary/aromatic N) is 5. The summed E-state index contributed by atoms with van der Waals surface area (Å²) in [5.41, 5.74) is 11.2. The highest BCUT2D eigenvalue weighted by molar-refractivity contribution is 6.10. The third-order valence-corrected chi connectivity index (χ3v) is 17.9. The van der Waals surface area contributed by atoms with Crippen molar-refractivity contribution >= 4 is 43.6 Å². The van der Waals surface area contributed by atoms with Gasteiger partial charge >= 0.3 is 0 Å². The smallest absolute Gasteiger partial charge is 0.238 e. The van der Waals surface area contributed by atoms with E-state index >= 15 is 0 Å². The first-order chi connectivity index (χ1) is 31.7. The highest BCUT2D eigenvalue weighted by Crippen LogP contribution is 2.64. The molecule has 0 radical (unpaired) electrons. The molecule has 6 aromatic carbocycles. The Morgan fingerprint density at radius 1 is 0.344 bits per heavy atom. The van der Waals surface area contributed by atoms with Gasteiger partial charge in [0.2, 0.25) is 5.95 Å². The zero-order valence-electron chi connectivity index (χ0n) is 36.4. The first-order valence-corrected chi connectivity index (χ1v) is 24.6. The van der Waals surface area contributed by atoms with Crippen molar-refractivity contribution in [3.8, 4) is 34.4 Å². The maximum absolute atomic E-state index is 5.87. The molecular formula is C59H53N5. The molecule has 8 bridgehead atoms. The van der Waals surface area contributed by atoms with Gasteiger partial charge in [0.25, 0.3) is 0 Å². The molecule has 314 valence electrons. The quantitative estimate of drug-likeness (QED) is 0.168. The van der Waals surface area contributed by atoms with Gasteiger partial charge in [0.1, 0.15) is 0 Å². The Bertz CT molecular complexity index is 3130.